The Labute approximate surface area is 126 Å². The average molecular weight is 311 g/mol. The Morgan fingerprint density at radius 3 is 2.75 bits per heavy atom. The Hall–Kier alpha value is -1.37. The van der Waals surface area contributed by atoms with Crippen molar-refractivity contribution in [3.05, 3.63) is 40.8 Å². The summed E-state index contributed by atoms with van der Waals surface area (Å²) in [5.41, 5.74) is 6.37. The van der Waals surface area contributed by atoms with E-state index < -0.39 is 5.60 Å². The van der Waals surface area contributed by atoms with Crippen molar-refractivity contribution in [3.8, 4) is 0 Å². The molecule has 0 aliphatic heterocycles. The van der Waals surface area contributed by atoms with Crippen LogP contribution in [0.25, 0.3) is 0 Å². The third-order valence-corrected chi connectivity index (χ3v) is 3.64. The summed E-state index contributed by atoms with van der Waals surface area (Å²) in [6, 6.07) is 5.15. The number of hydrogen-bond donors (Lipinski definition) is 2. The van der Waals surface area contributed by atoms with Gasteiger partial charge in [-0.2, -0.15) is 0 Å². The zero-order valence-corrected chi connectivity index (χ0v) is 12.7. The summed E-state index contributed by atoms with van der Waals surface area (Å²) in [5, 5.41) is 10.8. The zero-order chi connectivity index (χ0) is 14.8. The Morgan fingerprint density at radius 2 is 2.10 bits per heavy atom. The summed E-state index contributed by atoms with van der Waals surface area (Å²) in [7, 11) is 0. The second-order valence-electron chi connectivity index (χ2n) is 4.78. The highest BCUT2D eigenvalue weighted by Gasteiger charge is 2.16. The molecule has 7 heteroatoms. The fourth-order valence-corrected chi connectivity index (χ4v) is 2.56. The fourth-order valence-electron chi connectivity index (χ4n) is 1.55. The Kier molecular flexibility index (Phi) is 4.47. The van der Waals surface area contributed by atoms with Gasteiger partial charge in [-0.25, -0.2) is 9.97 Å². The Balaban J connectivity index is 2.11. The molecule has 106 valence electrons. The first-order valence-corrected chi connectivity index (χ1v) is 7.31. The molecule has 20 heavy (non-hydrogen) atoms. The van der Waals surface area contributed by atoms with E-state index in [2.05, 4.69) is 15.0 Å². The van der Waals surface area contributed by atoms with Crippen molar-refractivity contribution in [3.63, 3.8) is 0 Å². The molecule has 0 amide bonds. The Bertz CT molecular complexity index is 595. The lowest BCUT2D eigenvalue weighted by Gasteiger charge is -2.17. The van der Waals surface area contributed by atoms with Gasteiger partial charge >= 0.3 is 0 Å². The van der Waals surface area contributed by atoms with Crippen LogP contribution in [0.2, 0.25) is 5.15 Å². The van der Waals surface area contributed by atoms with Gasteiger partial charge in [0.25, 0.3) is 0 Å². The molecule has 5 nitrogen and oxygen atoms in total. The second kappa shape index (κ2) is 5.95. The molecular formula is C13H15ClN4OS. The van der Waals surface area contributed by atoms with E-state index >= 15 is 0 Å². The minimum absolute atomic E-state index is 0.318. The van der Waals surface area contributed by atoms with Crippen LogP contribution in [0.15, 0.2) is 29.6 Å². The highest BCUT2D eigenvalue weighted by atomic mass is 35.5. The van der Waals surface area contributed by atoms with E-state index in [9.17, 15) is 5.11 Å². The summed E-state index contributed by atoms with van der Waals surface area (Å²) in [4.78, 5) is 12.4. The number of aromatic nitrogens is 3. The van der Waals surface area contributed by atoms with Gasteiger partial charge in [-0.3, -0.25) is 4.98 Å². The van der Waals surface area contributed by atoms with Crippen LogP contribution in [0, 0.1) is 0 Å². The van der Waals surface area contributed by atoms with Gasteiger partial charge < -0.3 is 10.8 Å². The first kappa shape index (κ1) is 15.0. The van der Waals surface area contributed by atoms with E-state index in [4.69, 9.17) is 17.3 Å². The van der Waals surface area contributed by atoms with Gasteiger partial charge in [0.15, 0.2) is 5.16 Å². The summed E-state index contributed by atoms with van der Waals surface area (Å²) in [5.74, 6) is 0.912. The summed E-state index contributed by atoms with van der Waals surface area (Å²) < 4.78 is 0. The molecule has 0 radical (unpaired) electrons. The molecule has 0 aliphatic rings. The smallest absolute Gasteiger partial charge is 0.191 e. The lowest BCUT2D eigenvalue weighted by Crippen LogP contribution is -2.15. The monoisotopic (exact) mass is 310 g/mol. The molecule has 2 rings (SSSR count). The molecule has 2 aromatic heterocycles. The van der Waals surface area contributed by atoms with E-state index in [0.717, 1.165) is 11.3 Å². The van der Waals surface area contributed by atoms with Crippen LogP contribution < -0.4 is 5.73 Å². The lowest BCUT2D eigenvalue weighted by molar-refractivity contribution is 0.0784. The first-order valence-electron chi connectivity index (χ1n) is 5.95. The number of hydrogen-bond acceptors (Lipinski definition) is 6. The number of pyridine rings is 1. The van der Waals surface area contributed by atoms with Gasteiger partial charge in [0.1, 0.15) is 11.0 Å². The summed E-state index contributed by atoms with van der Waals surface area (Å²) in [6.07, 6.45) is 1.68. The van der Waals surface area contributed by atoms with Crippen LogP contribution in [-0.4, -0.2) is 20.1 Å². The molecule has 0 bridgehead atoms. The molecule has 2 aromatic rings. The number of nitrogens with two attached hydrogens (primary N) is 1. The van der Waals surface area contributed by atoms with Crippen LogP contribution in [0.4, 0.5) is 5.82 Å². The molecule has 3 N–H and O–H groups in total. The molecule has 0 aliphatic carbocycles. The Morgan fingerprint density at radius 1 is 1.35 bits per heavy atom. The van der Waals surface area contributed by atoms with Gasteiger partial charge in [-0.1, -0.05) is 23.4 Å². The van der Waals surface area contributed by atoms with Crippen molar-refractivity contribution >= 4 is 29.2 Å². The fraction of sp³-hybridized carbons (Fsp3) is 0.308. The molecular weight excluding hydrogens is 296 g/mol. The maximum Gasteiger partial charge on any atom is 0.191 e. The van der Waals surface area contributed by atoms with Crippen LogP contribution >= 0.6 is 23.4 Å². The molecule has 2 heterocycles. The minimum Gasteiger partial charge on any atom is -0.386 e. The number of thioether (sulfide) groups is 1. The number of nitrogen functional groups attached to an aromatic ring is 1. The van der Waals surface area contributed by atoms with Crippen molar-refractivity contribution in [2.75, 3.05) is 5.73 Å². The van der Waals surface area contributed by atoms with Crippen LogP contribution in [0.3, 0.4) is 0 Å². The lowest BCUT2D eigenvalue weighted by atomic mass is 9.99. The van der Waals surface area contributed by atoms with E-state index in [-0.39, 0.29) is 0 Å². The number of rotatable bonds is 4. The van der Waals surface area contributed by atoms with Gasteiger partial charge in [0.05, 0.1) is 11.3 Å². The number of halogens is 1. The second-order valence-corrected chi connectivity index (χ2v) is 6.11. The molecule has 0 saturated heterocycles. The van der Waals surface area contributed by atoms with Crippen molar-refractivity contribution < 1.29 is 5.11 Å². The largest absolute Gasteiger partial charge is 0.386 e. The summed E-state index contributed by atoms with van der Waals surface area (Å²) >= 11 is 7.21. The molecule has 0 unspecified atom stereocenters. The SMILES string of the molecule is CC(C)(O)c1ccnc(CSc2nc(N)cc(Cl)n2)c1. The van der Waals surface area contributed by atoms with Crippen molar-refractivity contribution in [1.82, 2.24) is 15.0 Å². The molecule has 0 aromatic carbocycles. The van der Waals surface area contributed by atoms with Crippen LogP contribution in [0.5, 0.6) is 0 Å². The third-order valence-electron chi connectivity index (χ3n) is 2.57. The number of aliphatic hydroxyl groups is 1. The summed E-state index contributed by atoms with van der Waals surface area (Å²) in [6.45, 7) is 3.47. The van der Waals surface area contributed by atoms with Gasteiger partial charge in [0.2, 0.25) is 0 Å². The predicted octanol–water partition coefficient (Wildman–Crippen LogP) is 2.63. The highest BCUT2D eigenvalue weighted by Crippen LogP contribution is 2.24. The average Bonchev–Trinajstić information content (AvgIpc) is 2.35. The number of nitrogens with zero attached hydrogens (tertiary/aromatic N) is 3. The maximum atomic E-state index is 9.98. The molecule has 0 atom stereocenters. The topological polar surface area (TPSA) is 84.9 Å². The highest BCUT2D eigenvalue weighted by molar-refractivity contribution is 7.98. The van der Waals surface area contributed by atoms with Crippen molar-refractivity contribution in [2.24, 2.45) is 0 Å². The maximum absolute atomic E-state index is 9.98. The van der Waals surface area contributed by atoms with E-state index in [0.29, 0.717) is 21.9 Å². The van der Waals surface area contributed by atoms with E-state index in [1.165, 1.54) is 17.8 Å². The predicted molar refractivity (Wildman–Crippen MR) is 80.5 cm³/mol. The standard InChI is InChI=1S/C13H15ClN4OS/c1-13(2,19)8-3-4-16-9(5-8)7-20-12-17-10(14)6-11(15)18-12/h3-6,19H,7H2,1-2H3,(H2,15,17,18). The molecule has 0 fully saturated rings. The van der Waals surface area contributed by atoms with Crippen LogP contribution in [0.1, 0.15) is 25.1 Å². The third kappa shape index (κ3) is 4.06. The normalized spacial score (nSPS) is 11.6. The molecule has 0 saturated carbocycles. The molecule has 0 spiro atoms. The van der Waals surface area contributed by atoms with Crippen molar-refractivity contribution in [2.45, 2.75) is 30.4 Å². The zero-order valence-electron chi connectivity index (χ0n) is 11.2. The first-order chi connectivity index (χ1) is 9.34. The van der Waals surface area contributed by atoms with Crippen molar-refractivity contribution in [1.29, 1.82) is 0 Å². The van der Waals surface area contributed by atoms with E-state index in [1.807, 2.05) is 6.07 Å². The van der Waals surface area contributed by atoms with Gasteiger partial charge in [0, 0.05) is 18.0 Å². The minimum atomic E-state index is -0.890. The van der Waals surface area contributed by atoms with Crippen LogP contribution in [-0.2, 0) is 11.4 Å². The quantitative estimate of drug-likeness (QED) is 0.513. The van der Waals surface area contributed by atoms with E-state index in [1.54, 1.807) is 26.1 Å². The van der Waals surface area contributed by atoms with Gasteiger partial charge in [-0.05, 0) is 31.5 Å². The van der Waals surface area contributed by atoms with Gasteiger partial charge in [-0.15, -0.1) is 0 Å². The number of anilines is 1.